The molecular formula is C15H16O3S. The molecular weight excluding hydrogens is 260 g/mol. The van der Waals surface area contributed by atoms with Gasteiger partial charge in [0.1, 0.15) is 0 Å². The number of hydrogen-bond acceptors (Lipinski definition) is 4. The maximum Gasteiger partial charge on any atom is 0.203 e. The highest BCUT2D eigenvalue weighted by Gasteiger charge is 2.11. The normalized spacial score (nSPS) is 10.7. The molecule has 0 radical (unpaired) electrons. The van der Waals surface area contributed by atoms with Crippen LogP contribution in [0.1, 0.15) is 11.1 Å². The van der Waals surface area contributed by atoms with E-state index in [1.807, 2.05) is 18.2 Å². The van der Waals surface area contributed by atoms with E-state index in [1.54, 1.807) is 32.7 Å². The van der Waals surface area contributed by atoms with Gasteiger partial charge in [-0.15, -0.1) is 0 Å². The van der Waals surface area contributed by atoms with Gasteiger partial charge in [0, 0.05) is 0 Å². The molecule has 0 amide bonds. The largest absolute Gasteiger partial charge is 0.493 e. The van der Waals surface area contributed by atoms with Gasteiger partial charge >= 0.3 is 0 Å². The van der Waals surface area contributed by atoms with Crippen molar-refractivity contribution in [1.29, 1.82) is 0 Å². The van der Waals surface area contributed by atoms with Gasteiger partial charge in [-0.2, -0.15) is 11.3 Å². The van der Waals surface area contributed by atoms with E-state index in [0.29, 0.717) is 17.2 Å². The van der Waals surface area contributed by atoms with Crippen LogP contribution in [-0.4, -0.2) is 21.3 Å². The third-order valence-electron chi connectivity index (χ3n) is 2.70. The molecule has 1 aromatic carbocycles. The quantitative estimate of drug-likeness (QED) is 0.827. The predicted octanol–water partition coefficient (Wildman–Crippen LogP) is 3.94. The Labute approximate surface area is 117 Å². The van der Waals surface area contributed by atoms with Gasteiger partial charge in [0.15, 0.2) is 11.5 Å². The van der Waals surface area contributed by atoms with E-state index in [2.05, 4.69) is 22.9 Å². The molecule has 2 aromatic rings. The molecule has 4 heteroatoms. The highest BCUT2D eigenvalue weighted by atomic mass is 32.1. The maximum absolute atomic E-state index is 5.32. The van der Waals surface area contributed by atoms with Crippen LogP contribution in [-0.2, 0) is 0 Å². The highest BCUT2D eigenvalue weighted by Crippen LogP contribution is 2.38. The fraction of sp³-hybridized carbons (Fsp3) is 0.200. The molecule has 0 aliphatic carbocycles. The molecule has 0 unspecified atom stereocenters. The molecule has 0 fully saturated rings. The first-order chi connectivity index (χ1) is 9.28. The Morgan fingerprint density at radius 1 is 0.895 bits per heavy atom. The zero-order valence-electron chi connectivity index (χ0n) is 11.2. The molecule has 0 bridgehead atoms. The van der Waals surface area contributed by atoms with Crippen molar-refractivity contribution in [3.05, 3.63) is 40.1 Å². The third-order valence-corrected chi connectivity index (χ3v) is 3.40. The summed E-state index contributed by atoms with van der Waals surface area (Å²) in [6.45, 7) is 0. The van der Waals surface area contributed by atoms with Gasteiger partial charge < -0.3 is 14.2 Å². The minimum absolute atomic E-state index is 0.609. The van der Waals surface area contributed by atoms with Crippen molar-refractivity contribution < 1.29 is 14.2 Å². The summed E-state index contributed by atoms with van der Waals surface area (Å²) in [6, 6.07) is 5.91. The fourth-order valence-corrected chi connectivity index (χ4v) is 2.39. The van der Waals surface area contributed by atoms with E-state index in [4.69, 9.17) is 14.2 Å². The second-order valence-electron chi connectivity index (χ2n) is 3.85. The summed E-state index contributed by atoms with van der Waals surface area (Å²) >= 11 is 1.68. The smallest absolute Gasteiger partial charge is 0.203 e. The first kappa shape index (κ1) is 13.5. The summed E-state index contributed by atoms with van der Waals surface area (Å²) < 4.78 is 15.9. The topological polar surface area (TPSA) is 27.7 Å². The van der Waals surface area contributed by atoms with Crippen LogP contribution >= 0.6 is 11.3 Å². The second-order valence-corrected chi connectivity index (χ2v) is 4.63. The molecule has 1 heterocycles. The van der Waals surface area contributed by atoms with E-state index in [0.717, 1.165) is 5.56 Å². The third kappa shape index (κ3) is 3.09. The fourth-order valence-electron chi connectivity index (χ4n) is 1.76. The van der Waals surface area contributed by atoms with Gasteiger partial charge in [0.05, 0.1) is 21.3 Å². The first-order valence-corrected chi connectivity index (χ1v) is 6.73. The molecule has 100 valence electrons. The molecule has 0 N–H and O–H groups in total. The standard InChI is InChI=1S/C15H16O3S/c1-16-13-8-12(5-4-11-6-7-19-10-11)9-14(17-2)15(13)18-3/h4-10H,1-3H3. The van der Waals surface area contributed by atoms with Gasteiger partial charge in [0.25, 0.3) is 0 Å². The van der Waals surface area contributed by atoms with Crippen molar-refractivity contribution in [2.24, 2.45) is 0 Å². The number of thiophene rings is 1. The van der Waals surface area contributed by atoms with Crippen LogP contribution in [0.4, 0.5) is 0 Å². The lowest BCUT2D eigenvalue weighted by molar-refractivity contribution is 0.324. The molecule has 0 spiro atoms. The lowest BCUT2D eigenvalue weighted by atomic mass is 10.1. The first-order valence-electron chi connectivity index (χ1n) is 5.78. The summed E-state index contributed by atoms with van der Waals surface area (Å²) in [5, 5.41) is 4.14. The number of hydrogen-bond donors (Lipinski definition) is 0. The minimum atomic E-state index is 0.609. The van der Waals surface area contributed by atoms with Crippen LogP contribution in [0.3, 0.4) is 0 Å². The number of benzene rings is 1. The van der Waals surface area contributed by atoms with Gasteiger partial charge in [0.2, 0.25) is 5.75 Å². The van der Waals surface area contributed by atoms with E-state index < -0.39 is 0 Å². The zero-order chi connectivity index (χ0) is 13.7. The zero-order valence-corrected chi connectivity index (χ0v) is 12.0. The Morgan fingerprint density at radius 3 is 2.00 bits per heavy atom. The van der Waals surface area contributed by atoms with Gasteiger partial charge in [-0.3, -0.25) is 0 Å². The van der Waals surface area contributed by atoms with Crippen molar-refractivity contribution in [2.75, 3.05) is 21.3 Å². The summed E-state index contributed by atoms with van der Waals surface area (Å²) in [4.78, 5) is 0. The Morgan fingerprint density at radius 2 is 1.53 bits per heavy atom. The molecule has 0 saturated heterocycles. The van der Waals surface area contributed by atoms with E-state index >= 15 is 0 Å². The Hall–Kier alpha value is -1.94. The van der Waals surface area contributed by atoms with Crippen LogP contribution in [0.15, 0.2) is 29.0 Å². The Kier molecular flexibility index (Phi) is 4.47. The number of ether oxygens (including phenoxy) is 3. The van der Waals surface area contributed by atoms with Crippen molar-refractivity contribution in [2.45, 2.75) is 0 Å². The molecule has 2 rings (SSSR count). The molecule has 0 aliphatic heterocycles. The van der Waals surface area contributed by atoms with Gasteiger partial charge in [-0.25, -0.2) is 0 Å². The van der Waals surface area contributed by atoms with Gasteiger partial charge in [-0.05, 0) is 40.1 Å². The van der Waals surface area contributed by atoms with Crippen molar-refractivity contribution >= 4 is 23.5 Å². The predicted molar refractivity (Wildman–Crippen MR) is 79.3 cm³/mol. The van der Waals surface area contributed by atoms with Crippen LogP contribution < -0.4 is 14.2 Å². The molecule has 0 saturated carbocycles. The average molecular weight is 276 g/mol. The summed E-state index contributed by atoms with van der Waals surface area (Å²) in [7, 11) is 4.83. The van der Waals surface area contributed by atoms with Crippen LogP contribution in [0, 0.1) is 0 Å². The molecule has 19 heavy (non-hydrogen) atoms. The van der Waals surface area contributed by atoms with Crippen LogP contribution in [0.2, 0.25) is 0 Å². The average Bonchev–Trinajstić information content (AvgIpc) is 2.97. The summed E-state index contributed by atoms with van der Waals surface area (Å²) in [6.07, 6.45) is 4.07. The van der Waals surface area contributed by atoms with Crippen molar-refractivity contribution in [3.63, 3.8) is 0 Å². The Balaban J connectivity index is 2.36. The number of rotatable bonds is 5. The lowest BCUT2D eigenvalue weighted by Crippen LogP contribution is -1.95. The van der Waals surface area contributed by atoms with E-state index in [1.165, 1.54) is 5.56 Å². The lowest BCUT2D eigenvalue weighted by Gasteiger charge is -2.12. The maximum atomic E-state index is 5.32. The molecule has 3 nitrogen and oxygen atoms in total. The monoisotopic (exact) mass is 276 g/mol. The Bertz CT molecular complexity index is 534. The van der Waals surface area contributed by atoms with Crippen molar-refractivity contribution in [3.8, 4) is 17.2 Å². The summed E-state index contributed by atoms with van der Waals surface area (Å²) in [5.74, 6) is 1.93. The molecule has 1 aromatic heterocycles. The van der Waals surface area contributed by atoms with Gasteiger partial charge in [-0.1, -0.05) is 12.2 Å². The SMILES string of the molecule is COc1cc(C=Cc2ccsc2)cc(OC)c1OC. The van der Waals surface area contributed by atoms with Crippen molar-refractivity contribution in [1.82, 2.24) is 0 Å². The van der Waals surface area contributed by atoms with Crippen LogP contribution in [0.25, 0.3) is 12.2 Å². The highest BCUT2D eigenvalue weighted by molar-refractivity contribution is 7.08. The summed E-state index contributed by atoms with van der Waals surface area (Å²) in [5.41, 5.74) is 2.18. The van der Waals surface area contributed by atoms with E-state index in [-0.39, 0.29) is 0 Å². The van der Waals surface area contributed by atoms with Crippen LogP contribution in [0.5, 0.6) is 17.2 Å². The molecule has 0 atom stereocenters. The molecule has 0 aliphatic rings. The number of methoxy groups -OCH3 is 3. The second kappa shape index (κ2) is 6.29. The van der Waals surface area contributed by atoms with E-state index in [9.17, 15) is 0 Å². The minimum Gasteiger partial charge on any atom is -0.493 e.